The van der Waals surface area contributed by atoms with Gasteiger partial charge in [0.15, 0.2) is 18.1 Å². The van der Waals surface area contributed by atoms with Gasteiger partial charge in [-0.15, -0.1) is 0 Å². The van der Waals surface area contributed by atoms with Crippen molar-refractivity contribution in [3.63, 3.8) is 0 Å². The first-order valence-corrected chi connectivity index (χ1v) is 10.2. The molecule has 0 saturated carbocycles. The Morgan fingerprint density at radius 1 is 1.10 bits per heavy atom. The fourth-order valence-corrected chi connectivity index (χ4v) is 3.47. The number of carbonyl (C=O) groups excluding carboxylic acids is 1. The van der Waals surface area contributed by atoms with Gasteiger partial charge in [-0.25, -0.2) is 4.39 Å². The molecule has 0 aliphatic heterocycles. The number of benzene rings is 3. The molecule has 156 valence electrons. The first-order valence-electron chi connectivity index (χ1n) is 8.99. The Labute approximate surface area is 187 Å². The largest absolute Gasteiger partial charge is 0.493 e. The van der Waals surface area contributed by atoms with Gasteiger partial charge in [0.2, 0.25) is 0 Å². The molecule has 0 fully saturated rings. The van der Waals surface area contributed by atoms with Crippen molar-refractivity contribution in [1.29, 1.82) is 0 Å². The SMILES string of the molecule is COc1cc(CNc2ccc(F)c(Cl)c2)cc(Br)c1OCC(=O)Nc1ccccc1. The van der Waals surface area contributed by atoms with Crippen molar-refractivity contribution in [2.24, 2.45) is 0 Å². The summed E-state index contributed by atoms with van der Waals surface area (Å²) in [7, 11) is 1.52. The van der Waals surface area contributed by atoms with Crippen molar-refractivity contribution < 1.29 is 18.7 Å². The van der Waals surface area contributed by atoms with Crippen LogP contribution in [0.1, 0.15) is 5.56 Å². The van der Waals surface area contributed by atoms with E-state index in [1.807, 2.05) is 24.3 Å². The van der Waals surface area contributed by atoms with Crippen LogP contribution < -0.4 is 20.1 Å². The Morgan fingerprint density at radius 2 is 1.87 bits per heavy atom. The van der Waals surface area contributed by atoms with Crippen LogP contribution in [-0.4, -0.2) is 19.6 Å². The molecule has 0 atom stereocenters. The average molecular weight is 494 g/mol. The van der Waals surface area contributed by atoms with Crippen LogP contribution in [0.25, 0.3) is 0 Å². The third kappa shape index (κ3) is 5.87. The standard InChI is InChI=1S/C22H19BrClFN2O3/c1-29-20-10-14(12-26-16-7-8-19(25)18(24)11-16)9-17(23)22(20)30-13-21(28)27-15-5-3-2-4-6-15/h2-11,26H,12-13H2,1H3,(H,27,28). The number of ether oxygens (including phenoxy) is 2. The van der Waals surface area contributed by atoms with Crippen LogP contribution in [-0.2, 0) is 11.3 Å². The predicted molar refractivity (Wildman–Crippen MR) is 120 cm³/mol. The zero-order chi connectivity index (χ0) is 21.5. The van der Waals surface area contributed by atoms with Crippen molar-refractivity contribution in [3.05, 3.63) is 81.5 Å². The Kier molecular flexibility index (Phi) is 7.54. The number of amides is 1. The minimum atomic E-state index is -0.468. The van der Waals surface area contributed by atoms with Gasteiger partial charge in [-0.05, 0) is 64.0 Å². The maximum atomic E-state index is 13.3. The molecule has 0 unspecified atom stereocenters. The van der Waals surface area contributed by atoms with Crippen molar-refractivity contribution in [3.8, 4) is 11.5 Å². The Balaban J connectivity index is 1.64. The zero-order valence-electron chi connectivity index (χ0n) is 16.0. The van der Waals surface area contributed by atoms with Gasteiger partial charge in [0.05, 0.1) is 16.6 Å². The summed E-state index contributed by atoms with van der Waals surface area (Å²) >= 11 is 9.28. The second-order valence-corrected chi connectivity index (χ2v) is 7.56. The molecule has 0 aliphatic rings. The van der Waals surface area contributed by atoms with Gasteiger partial charge in [0, 0.05) is 17.9 Å². The molecule has 3 rings (SSSR count). The van der Waals surface area contributed by atoms with E-state index in [0.29, 0.717) is 33.9 Å². The summed E-state index contributed by atoms with van der Waals surface area (Å²) < 4.78 is 25.0. The minimum absolute atomic E-state index is 0.0521. The fraction of sp³-hybridized carbons (Fsp3) is 0.136. The Hall–Kier alpha value is -2.77. The molecule has 8 heteroatoms. The lowest BCUT2D eigenvalue weighted by Gasteiger charge is -2.15. The van der Waals surface area contributed by atoms with Crippen LogP contribution in [0.5, 0.6) is 11.5 Å². The van der Waals surface area contributed by atoms with Crippen molar-refractivity contribution in [2.45, 2.75) is 6.54 Å². The van der Waals surface area contributed by atoms with E-state index in [2.05, 4.69) is 26.6 Å². The van der Waals surface area contributed by atoms with Gasteiger partial charge < -0.3 is 20.1 Å². The van der Waals surface area contributed by atoms with Gasteiger partial charge in [-0.2, -0.15) is 0 Å². The number of carbonyl (C=O) groups is 1. The fourth-order valence-electron chi connectivity index (χ4n) is 2.68. The number of rotatable bonds is 8. The molecule has 1 amide bonds. The van der Waals surface area contributed by atoms with Gasteiger partial charge >= 0.3 is 0 Å². The third-order valence-corrected chi connectivity index (χ3v) is 4.99. The molecule has 0 aliphatic carbocycles. The summed E-state index contributed by atoms with van der Waals surface area (Å²) in [5.74, 6) is 0.152. The molecule has 0 heterocycles. The second kappa shape index (κ2) is 10.3. The van der Waals surface area contributed by atoms with E-state index in [4.69, 9.17) is 21.1 Å². The summed E-state index contributed by atoms with van der Waals surface area (Å²) in [5.41, 5.74) is 2.27. The van der Waals surface area contributed by atoms with Crippen molar-refractivity contribution in [2.75, 3.05) is 24.4 Å². The Morgan fingerprint density at radius 3 is 2.57 bits per heavy atom. The van der Waals surface area contributed by atoms with Crippen LogP contribution in [0.2, 0.25) is 5.02 Å². The monoisotopic (exact) mass is 492 g/mol. The van der Waals surface area contributed by atoms with Crippen LogP contribution in [0.3, 0.4) is 0 Å². The maximum absolute atomic E-state index is 13.3. The van der Waals surface area contributed by atoms with E-state index in [1.165, 1.54) is 19.2 Å². The number of methoxy groups -OCH3 is 1. The highest BCUT2D eigenvalue weighted by Crippen LogP contribution is 2.37. The van der Waals surface area contributed by atoms with Crippen LogP contribution in [0, 0.1) is 5.82 Å². The van der Waals surface area contributed by atoms with Crippen LogP contribution in [0.15, 0.2) is 65.1 Å². The minimum Gasteiger partial charge on any atom is -0.493 e. The Bertz CT molecular complexity index is 1030. The van der Waals surface area contributed by atoms with E-state index in [-0.39, 0.29) is 17.5 Å². The molecule has 0 aromatic heterocycles. The summed E-state index contributed by atoms with van der Waals surface area (Å²) in [6.07, 6.45) is 0. The molecule has 0 saturated heterocycles. The van der Waals surface area contributed by atoms with Gasteiger partial charge in [0.1, 0.15) is 5.82 Å². The van der Waals surface area contributed by atoms with Crippen molar-refractivity contribution >= 4 is 44.8 Å². The molecule has 0 spiro atoms. The number of para-hydroxylation sites is 1. The lowest BCUT2D eigenvalue weighted by atomic mass is 10.2. The van der Waals surface area contributed by atoms with E-state index < -0.39 is 5.82 Å². The zero-order valence-corrected chi connectivity index (χ0v) is 18.4. The number of anilines is 2. The second-order valence-electron chi connectivity index (χ2n) is 6.29. The highest BCUT2D eigenvalue weighted by atomic mass is 79.9. The van der Waals surface area contributed by atoms with Gasteiger partial charge in [0.25, 0.3) is 5.91 Å². The number of hydrogen-bond acceptors (Lipinski definition) is 4. The van der Waals surface area contributed by atoms with E-state index >= 15 is 0 Å². The normalized spacial score (nSPS) is 10.4. The van der Waals surface area contributed by atoms with E-state index in [1.54, 1.807) is 24.3 Å². The molecule has 30 heavy (non-hydrogen) atoms. The molecule has 3 aromatic rings. The average Bonchev–Trinajstić information content (AvgIpc) is 2.74. The highest BCUT2D eigenvalue weighted by molar-refractivity contribution is 9.10. The quantitative estimate of drug-likeness (QED) is 0.411. The third-order valence-electron chi connectivity index (χ3n) is 4.11. The lowest BCUT2D eigenvalue weighted by molar-refractivity contribution is -0.118. The van der Waals surface area contributed by atoms with E-state index in [9.17, 15) is 9.18 Å². The van der Waals surface area contributed by atoms with Crippen LogP contribution in [0.4, 0.5) is 15.8 Å². The molecule has 5 nitrogen and oxygen atoms in total. The molecule has 0 bridgehead atoms. The topological polar surface area (TPSA) is 59.6 Å². The first-order chi connectivity index (χ1) is 14.5. The number of halogens is 3. The van der Waals surface area contributed by atoms with Crippen molar-refractivity contribution in [1.82, 2.24) is 0 Å². The van der Waals surface area contributed by atoms with Gasteiger partial charge in [-0.3, -0.25) is 4.79 Å². The van der Waals surface area contributed by atoms with E-state index in [0.717, 1.165) is 5.56 Å². The van der Waals surface area contributed by atoms with Gasteiger partial charge in [-0.1, -0.05) is 29.8 Å². The molecular formula is C22H19BrClFN2O3. The summed E-state index contributed by atoms with van der Waals surface area (Å²) in [6.45, 7) is 0.279. The summed E-state index contributed by atoms with van der Waals surface area (Å²) in [5, 5.41) is 5.98. The summed E-state index contributed by atoms with van der Waals surface area (Å²) in [6, 6.07) is 17.2. The molecule has 0 radical (unpaired) electrons. The maximum Gasteiger partial charge on any atom is 0.262 e. The first kappa shape index (κ1) is 21.9. The highest BCUT2D eigenvalue weighted by Gasteiger charge is 2.14. The smallest absolute Gasteiger partial charge is 0.262 e. The number of nitrogens with one attached hydrogen (secondary N) is 2. The number of hydrogen-bond donors (Lipinski definition) is 2. The molecule has 3 aromatic carbocycles. The summed E-state index contributed by atoms with van der Waals surface area (Å²) in [4.78, 5) is 12.1. The molecule has 2 N–H and O–H groups in total. The lowest BCUT2D eigenvalue weighted by Crippen LogP contribution is -2.20. The predicted octanol–water partition coefficient (Wildman–Crippen LogP) is 5.88. The van der Waals surface area contributed by atoms with Crippen LogP contribution >= 0.6 is 27.5 Å². The molecular weight excluding hydrogens is 475 g/mol.